The van der Waals surface area contributed by atoms with Crippen molar-refractivity contribution in [2.75, 3.05) is 4.90 Å². The van der Waals surface area contributed by atoms with Gasteiger partial charge < -0.3 is 0 Å². The first-order valence-electron chi connectivity index (χ1n) is 6.09. The quantitative estimate of drug-likeness (QED) is 0.786. The van der Waals surface area contributed by atoms with Gasteiger partial charge in [-0.3, -0.25) is 14.6 Å². The summed E-state index contributed by atoms with van der Waals surface area (Å²) in [5.41, 5.74) is 1.17. The van der Waals surface area contributed by atoms with Crippen molar-refractivity contribution in [3.63, 3.8) is 0 Å². The van der Waals surface area contributed by atoms with Crippen LogP contribution in [0.1, 0.15) is 5.56 Å². The Morgan fingerprint density at radius 2 is 1.95 bits per heavy atom. The third-order valence-corrected chi connectivity index (χ3v) is 4.06. The largest absolute Gasteiger partial charge is 0.298 e. The maximum absolute atomic E-state index is 12.4. The van der Waals surface area contributed by atoms with Gasteiger partial charge in [0, 0.05) is 12.4 Å². The van der Waals surface area contributed by atoms with E-state index >= 15 is 0 Å². The van der Waals surface area contributed by atoms with Crippen LogP contribution in [-0.4, -0.2) is 16.1 Å². The molecule has 3 rings (SSSR count). The first-order valence-corrected chi connectivity index (χ1v) is 7.29. The summed E-state index contributed by atoms with van der Waals surface area (Å²) in [6.07, 6.45) is 4.92. The van der Waals surface area contributed by atoms with Crippen molar-refractivity contribution in [1.82, 2.24) is 4.98 Å². The Morgan fingerprint density at radius 3 is 2.67 bits per heavy atom. The fourth-order valence-electron chi connectivity index (χ4n) is 1.92. The van der Waals surface area contributed by atoms with E-state index in [0.29, 0.717) is 15.6 Å². The number of pyridine rings is 1. The average Bonchev–Trinajstić information content (AvgIpc) is 2.76. The first-order chi connectivity index (χ1) is 10.2. The van der Waals surface area contributed by atoms with E-state index in [1.807, 2.05) is 6.07 Å². The summed E-state index contributed by atoms with van der Waals surface area (Å²) in [5, 5.41) is 0.00525. The molecule has 1 aromatic carbocycles. The molecule has 4 nitrogen and oxygen atoms in total. The second-order valence-electron chi connectivity index (χ2n) is 4.25. The molecule has 6 heteroatoms. The number of carbonyl (C=O) groups is 2. The molecular formula is C15H9ClN2O2S. The number of nitrogens with zero attached hydrogens (tertiary/aromatic N) is 2. The number of amides is 2. The van der Waals surface area contributed by atoms with Crippen LogP contribution in [0.25, 0.3) is 6.08 Å². The number of anilines is 1. The van der Waals surface area contributed by atoms with Gasteiger partial charge in [0.05, 0.1) is 15.6 Å². The number of benzene rings is 1. The summed E-state index contributed by atoms with van der Waals surface area (Å²) in [6, 6.07) is 10.4. The van der Waals surface area contributed by atoms with E-state index in [1.165, 1.54) is 0 Å². The zero-order valence-corrected chi connectivity index (χ0v) is 12.3. The third kappa shape index (κ3) is 2.70. The number of carbonyl (C=O) groups excluding carboxylic acids is 2. The standard InChI is InChI=1S/C15H9ClN2O2S/c16-11-5-1-2-6-12(11)18-14(19)13(21-15(18)20)8-10-4-3-7-17-9-10/h1-9H. The second-order valence-corrected chi connectivity index (χ2v) is 5.66. The number of imide groups is 1. The summed E-state index contributed by atoms with van der Waals surface area (Å²) >= 11 is 6.95. The topological polar surface area (TPSA) is 50.3 Å². The monoisotopic (exact) mass is 316 g/mol. The van der Waals surface area contributed by atoms with Crippen molar-refractivity contribution in [3.8, 4) is 0 Å². The lowest BCUT2D eigenvalue weighted by atomic mass is 10.2. The highest BCUT2D eigenvalue weighted by molar-refractivity contribution is 8.19. The minimum atomic E-state index is -0.373. The van der Waals surface area contributed by atoms with Gasteiger partial charge in [0.2, 0.25) is 0 Å². The molecule has 0 saturated carbocycles. The van der Waals surface area contributed by atoms with Gasteiger partial charge in [-0.25, -0.2) is 4.90 Å². The molecule has 2 heterocycles. The number of para-hydroxylation sites is 1. The van der Waals surface area contributed by atoms with Crippen LogP contribution >= 0.6 is 23.4 Å². The van der Waals surface area contributed by atoms with Crippen molar-refractivity contribution < 1.29 is 9.59 Å². The van der Waals surface area contributed by atoms with Crippen LogP contribution in [0.3, 0.4) is 0 Å². The van der Waals surface area contributed by atoms with E-state index in [1.54, 1.807) is 48.8 Å². The molecule has 0 radical (unpaired) electrons. The molecule has 1 saturated heterocycles. The molecule has 0 N–H and O–H groups in total. The molecule has 1 aromatic heterocycles. The van der Waals surface area contributed by atoms with E-state index in [2.05, 4.69) is 4.98 Å². The van der Waals surface area contributed by atoms with Crippen LogP contribution in [-0.2, 0) is 4.79 Å². The smallest absolute Gasteiger partial charge is 0.268 e. The van der Waals surface area contributed by atoms with E-state index in [9.17, 15) is 9.59 Å². The molecule has 2 amide bonds. The minimum Gasteiger partial charge on any atom is -0.268 e. The fraction of sp³-hybridized carbons (Fsp3) is 0. The van der Waals surface area contributed by atoms with E-state index in [0.717, 1.165) is 22.2 Å². The van der Waals surface area contributed by atoms with Gasteiger partial charge in [-0.15, -0.1) is 0 Å². The SMILES string of the molecule is O=C1SC(=Cc2cccnc2)C(=O)N1c1ccccc1Cl. The van der Waals surface area contributed by atoms with E-state index < -0.39 is 0 Å². The molecule has 1 aliphatic heterocycles. The number of hydrogen-bond donors (Lipinski definition) is 0. The second kappa shape index (κ2) is 5.71. The average molecular weight is 317 g/mol. The summed E-state index contributed by atoms with van der Waals surface area (Å²) in [7, 11) is 0. The van der Waals surface area contributed by atoms with Gasteiger partial charge in [0.1, 0.15) is 0 Å². The van der Waals surface area contributed by atoms with Crippen molar-refractivity contribution in [1.29, 1.82) is 0 Å². The number of thioether (sulfide) groups is 1. The van der Waals surface area contributed by atoms with Crippen LogP contribution in [0.15, 0.2) is 53.7 Å². The Bertz CT molecular complexity index is 746. The molecule has 1 fully saturated rings. The summed E-state index contributed by atoms with van der Waals surface area (Å²) in [5.74, 6) is -0.373. The first kappa shape index (κ1) is 13.9. The Labute approximate surface area is 130 Å². The van der Waals surface area contributed by atoms with Crippen LogP contribution in [0.2, 0.25) is 5.02 Å². The van der Waals surface area contributed by atoms with Crippen LogP contribution in [0.5, 0.6) is 0 Å². The molecule has 0 unspecified atom stereocenters. The zero-order valence-electron chi connectivity index (χ0n) is 10.7. The molecule has 2 aromatic rings. The summed E-state index contributed by atoms with van der Waals surface area (Å²) in [4.78, 5) is 29.9. The van der Waals surface area contributed by atoms with Gasteiger partial charge in [-0.2, -0.15) is 0 Å². The van der Waals surface area contributed by atoms with Gasteiger partial charge in [0.25, 0.3) is 11.1 Å². The Hall–Kier alpha value is -2.11. The Kier molecular flexibility index (Phi) is 3.77. The van der Waals surface area contributed by atoms with Crippen LogP contribution in [0.4, 0.5) is 10.5 Å². The number of rotatable bonds is 2. The highest BCUT2D eigenvalue weighted by Crippen LogP contribution is 2.38. The third-order valence-electron chi connectivity index (χ3n) is 2.87. The maximum atomic E-state index is 12.4. The lowest BCUT2D eigenvalue weighted by molar-refractivity contribution is -0.113. The van der Waals surface area contributed by atoms with E-state index in [-0.39, 0.29) is 11.1 Å². The molecule has 0 atom stereocenters. The molecule has 0 bridgehead atoms. The summed E-state index contributed by atoms with van der Waals surface area (Å²) < 4.78 is 0. The van der Waals surface area contributed by atoms with Gasteiger partial charge in [-0.1, -0.05) is 29.8 Å². The normalized spacial score (nSPS) is 16.8. The van der Waals surface area contributed by atoms with Crippen molar-refractivity contribution in [2.24, 2.45) is 0 Å². The van der Waals surface area contributed by atoms with Crippen molar-refractivity contribution >= 4 is 46.3 Å². The zero-order chi connectivity index (χ0) is 14.8. The van der Waals surface area contributed by atoms with Crippen molar-refractivity contribution in [3.05, 3.63) is 64.3 Å². The Balaban J connectivity index is 1.97. The predicted molar refractivity (Wildman–Crippen MR) is 84.1 cm³/mol. The molecule has 21 heavy (non-hydrogen) atoms. The predicted octanol–water partition coefficient (Wildman–Crippen LogP) is 3.98. The van der Waals surface area contributed by atoms with Crippen LogP contribution in [0, 0.1) is 0 Å². The number of halogens is 1. The van der Waals surface area contributed by atoms with Crippen molar-refractivity contribution in [2.45, 2.75) is 0 Å². The number of aromatic nitrogens is 1. The number of hydrogen-bond acceptors (Lipinski definition) is 4. The molecule has 104 valence electrons. The molecular weight excluding hydrogens is 308 g/mol. The van der Waals surface area contributed by atoms with Gasteiger partial charge in [-0.05, 0) is 41.6 Å². The summed E-state index contributed by atoms with van der Waals surface area (Å²) in [6.45, 7) is 0. The highest BCUT2D eigenvalue weighted by atomic mass is 35.5. The maximum Gasteiger partial charge on any atom is 0.298 e. The van der Waals surface area contributed by atoms with E-state index in [4.69, 9.17) is 11.6 Å². The minimum absolute atomic E-state index is 0.355. The van der Waals surface area contributed by atoms with Crippen LogP contribution < -0.4 is 4.90 Å². The highest BCUT2D eigenvalue weighted by Gasteiger charge is 2.37. The lowest BCUT2D eigenvalue weighted by Gasteiger charge is -2.13. The lowest BCUT2D eigenvalue weighted by Crippen LogP contribution is -2.27. The molecule has 1 aliphatic rings. The molecule has 0 aliphatic carbocycles. The molecule has 0 spiro atoms. The van der Waals surface area contributed by atoms with Gasteiger partial charge in [0.15, 0.2) is 0 Å². The van der Waals surface area contributed by atoms with Gasteiger partial charge >= 0.3 is 0 Å². The fourth-order valence-corrected chi connectivity index (χ4v) is 2.98. The Morgan fingerprint density at radius 1 is 1.14 bits per heavy atom.